The lowest BCUT2D eigenvalue weighted by Gasteiger charge is -2.13. The van der Waals surface area contributed by atoms with Gasteiger partial charge >= 0.3 is 0 Å². The van der Waals surface area contributed by atoms with Crippen molar-refractivity contribution in [1.29, 1.82) is 0 Å². The first-order valence-electron chi connectivity index (χ1n) is 7.50. The van der Waals surface area contributed by atoms with Crippen molar-refractivity contribution in [2.45, 2.75) is 6.10 Å². The number of benzene rings is 1. The number of rotatable bonds is 5. The minimum absolute atomic E-state index is 0.0849. The van der Waals surface area contributed by atoms with Crippen LogP contribution < -0.4 is 10.9 Å². The van der Waals surface area contributed by atoms with E-state index >= 15 is 0 Å². The number of nitrogens with zero attached hydrogens (tertiary/aromatic N) is 4. The fourth-order valence-electron chi connectivity index (χ4n) is 2.31. The first-order valence-corrected chi connectivity index (χ1v) is 8.64. The summed E-state index contributed by atoms with van der Waals surface area (Å²) in [6.07, 6.45) is 3.88. The lowest BCUT2D eigenvalue weighted by Crippen LogP contribution is -2.21. The number of nitrogens with one attached hydrogen (secondary N) is 1. The number of aliphatic hydroxyl groups is 1. The molecule has 0 aliphatic carbocycles. The average molecular weight is 415 g/mol. The Morgan fingerprint density at radius 2 is 1.96 bits per heavy atom. The maximum Gasteiger partial charge on any atom is 0.291 e. The van der Waals surface area contributed by atoms with Gasteiger partial charge in [0.15, 0.2) is 0 Å². The highest BCUT2D eigenvalue weighted by atomic mass is 35.5. The molecule has 26 heavy (non-hydrogen) atoms. The molecule has 3 aromatic rings. The minimum atomic E-state index is -0.737. The molecule has 0 spiro atoms. The summed E-state index contributed by atoms with van der Waals surface area (Å²) in [4.78, 5) is 12.1. The van der Waals surface area contributed by atoms with E-state index < -0.39 is 11.7 Å². The molecule has 2 aromatic heterocycles. The fourth-order valence-corrected chi connectivity index (χ4v) is 2.81. The molecule has 0 aliphatic heterocycles. The summed E-state index contributed by atoms with van der Waals surface area (Å²) in [5, 5.41) is 21.5. The first kappa shape index (κ1) is 18.7. The van der Waals surface area contributed by atoms with Crippen molar-refractivity contribution < 1.29 is 5.11 Å². The van der Waals surface area contributed by atoms with Gasteiger partial charge in [-0.1, -0.05) is 34.8 Å². The van der Waals surface area contributed by atoms with Gasteiger partial charge in [-0.3, -0.25) is 9.48 Å². The van der Waals surface area contributed by atoms with Gasteiger partial charge in [-0.05, 0) is 18.2 Å². The zero-order valence-corrected chi connectivity index (χ0v) is 15.8. The Labute approximate surface area is 163 Å². The molecule has 2 N–H and O–H groups in total. The van der Waals surface area contributed by atoms with E-state index in [2.05, 4.69) is 15.5 Å². The highest BCUT2D eigenvalue weighted by molar-refractivity contribution is 6.41. The van der Waals surface area contributed by atoms with E-state index in [0.717, 1.165) is 4.68 Å². The van der Waals surface area contributed by atoms with Gasteiger partial charge in [0.2, 0.25) is 0 Å². The van der Waals surface area contributed by atoms with E-state index in [1.54, 1.807) is 42.3 Å². The summed E-state index contributed by atoms with van der Waals surface area (Å²) in [5.41, 5.74) is 1.20. The largest absolute Gasteiger partial charge is 0.386 e. The molecular formula is C16H14Cl3N5O2. The van der Waals surface area contributed by atoms with Crippen molar-refractivity contribution in [3.8, 4) is 5.69 Å². The van der Waals surface area contributed by atoms with Crippen LogP contribution in [-0.4, -0.2) is 31.2 Å². The summed E-state index contributed by atoms with van der Waals surface area (Å²) in [6, 6.07) is 4.91. The fraction of sp³-hybridized carbons (Fsp3) is 0.188. The molecule has 0 amide bonds. The third kappa shape index (κ3) is 3.86. The number of aromatic nitrogens is 4. The van der Waals surface area contributed by atoms with Gasteiger partial charge in [-0.15, -0.1) is 0 Å². The van der Waals surface area contributed by atoms with Crippen molar-refractivity contribution >= 4 is 40.5 Å². The second-order valence-corrected chi connectivity index (χ2v) is 6.72. The normalized spacial score (nSPS) is 12.2. The maximum absolute atomic E-state index is 12.1. The van der Waals surface area contributed by atoms with Crippen molar-refractivity contribution in [3.05, 3.63) is 67.8 Å². The quantitative estimate of drug-likeness (QED) is 0.670. The van der Waals surface area contributed by atoms with Crippen LogP contribution in [-0.2, 0) is 7.05 Å². The lowest BCUT2D eigenvalue weighted by atomic mass is 10.2. The van der Waals surface area contributed by atoms with Gasteiger partial charge in [0.25, 0.3) is 5.56 Å². The van der Waals surface area contributed by atoms with Gasteiger partial charge in [-0.25, -0.2) is 0 Å². The number of aryl methyl sites for hydroxylation is 1. The van der Waals surface area contributed by atoms with Gasteiger partial charge < -0.3 is 10.4 Å². The second-order valence-electron chi connectivity index (χ2n) is 5.53. The molecule has 0 bridgehead atoms. The van der Waals surface area contributed by atoms with E-state index in [-0.39, 0.29) is 16.6 Å². The van der Waals surface area contributed by atoms with Crippen LogP contribution in [0.25, 0.3) is 5.69 Å². The van der Waals surface area contributed by atoms with Crippen LogP contribution >= 0.6 is 34.8 Å². The molecule has 7 nitrogen and oxygen atoms in total. The van der Waals surface area contributed by atoms with E-state index in [9.17, 15) is 9.90 Å². The summed E-state index contributed by atoms with van der Waals surface area (Å²) in [6.45, 7) is 0.246. The van der Waals surface area contributed by atoms with Crippen LogP contribution in [0.3, 0.4) is 0 Å². The van der Waals surface area contributed by atoms with Gasteiger partial charge in [0.05, 0.1) is 39.9 Å². The molecule has 1 aromatic carbocycles. The Kier molecular flexibility index (Phi) is 5.52. The zero-order chi connectivity index (χ0) is 18.8. The van der Waals surface area contributed by atoms with Gasteiger partial charge in [0.1, 0.15) is 5.02 Å². The third-order valence-corrected chi connectivity index (χ3v) is 4.73. The lowest BCUT2D eigenvalue weighted by molar-refractivity contribution is 0.191. The van der Waals surface area contributed by atoms with E-state index in [1.807, 2.05) is 0 Å². The topological polar surface area (TPSA) is 85.0 Å². The maximum atomic E-state index is 12.1. The summed E-state index contributed by atoms with van der Waals surface area (Å²) < 4.78 is 2.72. The second kappa shape index (κ2) is 7.67. The summed E-state index contributed by atoms with van der Waals surface area (Å²) in [7, 11) is 1.78. The Balaban J connectivity index is 1.78. The minimum Gasteiger partial charge on any atom is -0.386 e. The molecule has 0 fully saturated rings. The van der Waals surface area contributed by atoms with Crippen LogP contribution in [0.4, 0.5) is 5.69 Å². The summed E-state index contributed by atoms with van der Waals surface area (Å²) >= 11 is 17.9. The molecule has 2 heterocycles. The average Bonchev–Trinajstić information content (AvgIpc) is 3.05. The summed E-state index contributed by atoms with van der Waals surface area (Å²) in [5.74, 6) is 0. The monoisotopic (exact) mass is 413 g/mol. The van der Waals surface area contributed by atoms with Crippen LogP contribution in [0.1, 0.15) is 11.7 Å². The Morgan fingerprint density at radius 3 is 2.62 bits per heavy atom. The highest BCUT2D eigenvalue weighted by Crippen LogP contribution is 2.26. The number of hydrogen-bond acceptors (Lipinski definition) is 5. The van der Waals surface area contributed by atoms with Crippen LogP contribution in [0.5, 0.6) is 0 Å². The molecule has 1 atom stereocenters. The van der Waals surface area contributed by atoms with E-state index in [4.69, 9.17) is 34.8 Å². The predicted molar refractivity (Wildman–Crippen MR) is 102 cm³/mol. The predicted octanol–water partition coefficient (Wildman–Crippen LogP) is 3.07. The third-order valence-electron chi connectivity index (χ3n) is 3.67. The van der Waals surface area contributed by atoms with E-state index in [1.165, 1.54) is 6.20 Å². The van der Waals surface area contributed by atoms with E-state index in [0.29, 0.717) is 22.0 Å². The molecule has 10 heteroatoms. The molecule has 136 valence electrons. The standard InChI is InChI=1S/C16H14Cl3N5O2/c1-23-8-9(5-21-23)14(25)7-20-13-3-2-10(4-11(13)17)24-16(26)15(19)12(18)6-22-24/h2-6,8,14,20,25H,7H2,1H3. The van der Waals surface area contributed by atoms with Crippen LogP contribution in [0.2, 0.25) is 15.1 Å². The first-order chi connectivity index (χ1) is 12.4. The van der Waals surface area contributed by atoms with Crippen molar-refractivity contribution in [2.24, 2.45) is 7.05 Å². The highest BCUT2D eigenvalue weighted by Gasteiger charge is 2.13. The van der Waals surface area contributed by atoms with Gasteiger partial charge in [0, 0.05) is 25.4 Å². The SMILES string of the molecule is Cn1cc(C(O)CNc2ccc(-n3ncc(Cl)c(Cl)c3=O)cc2Cl)cn1. The Morgan fingerprint density at radius 1 is 1.19 bits per heavy atom. The molecule has 3 rings (SSSR count). The number of halogens is 3. The van der Waals surface area contributed by atoms with Gasteiger partial charge in [-0.2, -0.15) is 14.9 Å². The zero-order valence-electron chi connectivity index (χ0n) is 13.5. The smallest absolute Gasteiger partial charge is 0.291 e. The van der Waals surface area contributed by atoms with Crippen LogP contribution in [0, 0.1) is 0 Å². The molecule has 0 saturated carbocycles. The van der Waals surface area contributed by atoms with Crippen molar-refractivity contribution in [2.75, 3.05) is 11.9 Å². The Hall–Kier alpha value is -2.06. The van der Waals surface area contributed by atoms with Crippen LogP contribution in [0.15, 0.2) is 41.6 Å². The molecule has 0 radical (unpaired) electrons. The van der Waals surface area contributed by atoms with Crippen molar-refractivity contribution in [1.82, 2.24) is 19.6 Å². The number of anilines is 1. The molecule has 0 saturated heterocycles. The molecular weight excluding hydrogens is 401 g/mol. The molecule has 0 aliphatic rings. The number of hydrogen-bond donors (Lipinski definition) is 2. The number of aliphatic hydroxyl groups excluding tert-OH is 1. The van der Waals surface area contributed by atoms with Crippen molar-refractivity contribution in [3.63, 3.8) is 0 Å². The Bertz CT molecular complexity index is 1000. The molecule has 1 unspecified atom stereocenters.